The lowest BCUT2D eigenvalue weighted by Crippen LogP contribution is -2.34. The molecule has 2 aliphatic rings. The molecule has 2 aliphatic heterocycles. The number of benzene rings is 4. The maximum atomic E-state index is 12.7. The zero-order chi connectivity index (χ0) is 25.8. The molecule has 0 saturated carbocycles. The van der Waals surface area contributed by atoms with Gasteiger partial charge >= 0.3 is 0 Å². The summed E-state index contributed by atoms with van der Waals surface area (Å²) in [7, 11) is 0. The van der Waals surface area contributed by atoms with Crippen molar-refractivity contribution < 1.29 is 4.79 Å². The largest absolute Gasteiger partial charge is 0.292 e. The standard InChI is InChI=1S/C31H25ClN2OS2/c1-20-11-4-6-15-25(20)30(26-16-7-5-12-21(26)2)27-17-8-9-18-28(27)31(37-30)34(33-29(36-31)22(3)35)24-14-10-13-23(32)19-24/h4-19H,1-3H3. The Labute approximate surface area is 230 Å². The third-order valence-electron chi connectivity index (χ3n) is 7.05. The Hall–Kier alpha value is -2.99. The second kappa shape index (κ2) is 9.09. The normalized spacial score (nSPS) is 19.7. The fraction of sp³-hybridized carbons (Fsp3) is 0.161. The summed E-state index contributed by atoms with van der Waals surface area (Å²) in [5, 5.41) is 8.04. The number of halogens is 1. The summed E-state index contributed by atoms with van der Waals surface area (Å²) >= 11 is 9.82. The van der Waals surface area contributed by atoms with Crippen LogP contribution in [0.15, 0.2) is 102 Å². The van der Waals surface area contributed by atoms with E-state index in [2.05, 4.69) is 86.6 Å². The first-order valence-electron chi connectivity index (χ1n) is 12.1. The highest BCUT2D eigenvalue weighted by Gasteiger charge is 2.62. The van der Waals surface area contributed by atoms with Crippen LogP contribution >= 0.6 is 35.1 Å². The van der Waals surface area contributed by atoms with E-state index < -0.39 is 8.95 Å². The van der Waals surface area contributed by atoms with E-state index in [1.165, 1.54) is 39.6 Å². The first kappa shape index (κ1) is 24.4. The number of ketones is 1. The van der Waals surface area contributed by atoms with Gasteiger partial charge in [-0.15, -0.1) is 0 Å². The van der Waals surface area contributed by atoms with Crippen LogP contribution in [-0.4, -0.2) is 10.8 Å². The molecule has 0 N–H and O–H groups in total. The fourth-order valence-electron chi connectivity index (χ4n) is 5.43. The van der Waals surface area contributed by atoms with Crippen LogP contribution < -0.4 is 5.01 Å². The summed E-state index contributed by atoms with van der Waals surface area (Å²) in [6.45, 7) is 5.94. The van der Waals surface area contributed by atoms with Gasteiger partial charge in [-0.25, -0.2) is 5.01 Å². The van der Waals surface area contributed by atoms with E-state index in [1.54, 1.807) is 6.92 Å². The van der Waals surface area contributed by atoms with Gasteiger partial charge in [0, 0.05) is 17.5 Å². The third-order valence-corrected chi connectivity index (χ3v) is 10.6. The van der Waals surface area contributed by atoms with Crippen LogP contribution in [0, 0.1) is 13.8 Å². The summed E-state index contributed by atoms with van der Waals surface area (Å²) < 4.78 is -1.22. The van der Waals surface area contributed by atoms with Gasteiger partial charge in [-0.05, 0) is 59.9 Å². The van der Waals surface area contributed by atoms with Crippen LogP contribution in [0.4, 0.5) is 5.69 Å². The number of fused-ring (bicyclic) bond motifs is 2. The number of thioether (sulfide) groups is 2. The van der Waals surface area contributed by atoms with Crippen molar-refractivity contribution in [3.05, 3.63) is 135 Å². The van der Waals surface area contributed by atoms with Gasteiger partial charge < -0.3 is 0 Å². The van der Waals surface area contributed by atoms with Crippen LogP contribution in [0.3, 0.4) is 0 Å². The van der Waals surface area contributed by atoms with E-state index in [0.717, 1.165) is 11.3 Å². The van der Waals surface area contributed by atoms with Crippen LogP contribution in [0.2, 0.25) is 5.02 Å². The van der Waals surface area contributed by atoms with Crippen LogP contribution in [0.1, 0.15) is 40.3 Å². The molecule has 37 heavy (non-hydrogen) atoms. The molecule has 6 heteroatoms. The maximum absolute atomic E-state index is 12.7. The van der Waals surface area contributed by atoms with E-state index in [4.69, 9.17) is 16.7 Å². The molecule has 2 heterocycles. The molecule has 0 aliphatic carbocycles. The predicted octanol–water partition coefficient (Wildman–Crippen LogP) is 8.26. The molecule has 0 amide bonds. The summed E-state index contributed by atoms with van der Waals surface area (Å²) in [5.74, 6) is -0.0451. The Morgan fingerprint density at radius 1 is 0.784 bits per heavy atom. The molecule has 184 valence electrons. The number of hydrogen-bond donors (Lipinski definition) is 0. The minimum absolute atomic E-state index is 0.0451. The van der Waals surface area contributed by atoms with Crippen molar-refractivity contribution in [2.45, 2.75) is 29.7 Å². The van der Waals surface area contributed by atoms with E-state index in [9.17, 15) is 4.79 Å². The van der Waals surface area contributed by atoms with Gasteiger partial charge in [0.2, 0.25) is 0 Å². The smallest absolute Gasteiger partial charge is 0.187 e. The number of Topliss-reactive ketones (excluding diaryl/α,β-unsaturated/α-hetero) is 1. The first-order valence-corrected chi connectivity index (χ1v) is 14.1. The van der Waals surface area contributed by atoms with Gasteiger partial charge in [-0.1, -0.05) is 114 Å². The van der Waals surface area contributed by atoms with Gasteiger partial charge in [0.25, 0.3) is 0 Å². The minimum Gasteiger partial charge on any atom is -0.292 e. The second-order valence-corrected chi connectivity index (χ2v) is 12.7. The van der Waals surface area contributed by atoms with Gasteiger partial charge in [-0.2, -0.15) is 5.10 Å². The average Bonchev–Trinajstić information content (AvgIpc) is 3.42. The number of nitrogens with zero attached hydrogens (tertiary/aromatic N) is 2. The van der Waals surface area contributed by atoms with Crippen LogP contribution in [0.25, 0.3) is 0 Å². The van der Waals surface area contributed by atoms with Gasteiger partial charge in [-0.3, -0.25) is 4.79 Å². The number of carbonyl (C=O) groups is 1. The minimum atomic E-state index is -0.702. The lowest BCUT2D eigenvalue weighted by molar-refractivity contribution is -0.110. The van der Waals surface area contributed by atoms with Crippen molar-refractivity contribution in [2.75, 3.05) is 5.01 Å². The summed E-state index contributed by atoms with van der Waals surface area (Å²) in [5.41, 5.74) is 8.11. The molecular weight excluding hydrogens is 516 g/mol. The van der Waals surface area contributed by atoms with E-state index in [-0.39, 0.29) is 5.78 Å². The molecule has 0 bridgehead atoms. The Morgan fingerprint density at radius 2 is 1.35 bits per heavy atom. The first-order chi connectivity index (χ1) is 17.9. The van der Waals surface area contributed by atoms with Gasteiger partial charge in [0.15, 0.2) is 15.0 Å². The Bertz CT molecular complexity index is 1540. The number of hydrazone groups is 1. The second-order valence-electron chi connectivity index (χ2n) is 9.40. The highest BCUT2D eigenvalue weighted by Crippen LogP contribution is 2.71. The SMILES string of the molecule is CC(=O)C1=NN(c2cccc(Cl)c2)C2(S1)SC(c1ccccc1C)(c1ccccc1C)c1ccccc12. The van der Waals surface area contributed by atoms with E-state index in [0.29, 0.717) is 10.1 Å². The Balaban J connectivity index is 1.69. The molecule has 1 atom stereocenters. The van der Waals surface area contributed by atoms with Crippen molar-refractivity contribution >= 4 is 51.6 Å². The summed E-state index contributed by atoms with van der Waals surface area (Å²) in [6.07, 6.45) is 0. The van der Waals surface area contributed by atoms with E-state index in [1.807, 2.05) is 41.0 Å². The Kier molecular flexibility index (Phi) is 5.98. The molecule has 0 saturated heterocycles. The zero-order valence-electron chi connectivity index (χ0n) is 20.7. The summed E-state index contributed by atoms with van der Waals surface area (Å²) in [4.78, 5) is 12.7. The average molecular weight is 541 g/mol. The molecule has 0 radical (unpaired) electrons. The number of carbonyl (C=O) groups excluding carboxylic acids is 1. The van der Waals surface area contributed by atoms with Gasteiger partial charge in [0.1, 0.15) is 0 Å². The number of rotatable bonds is 4. The number of anilines is 1. The van der Waals surface area contributed by atoms with Crippen molar-refractivity contribution in [1.29, 1.82) is 0 Å². The van der Waals surface area contributed by atoms with Crippen molar-refractivity contribution in [1.82, 2.24) is 0 Å². The van der Waals surface area contributed by atoms with E-state index >= 15 is 0 Å². The summed E-state index contributed by atoms with van der Waals surface area (Å²) in [6, 6.07) is 33.6. The molecule has 1 spiro atoms. The lowest BCUT2D eigenvalue weighted by Gasteiger charge is -2.38. The fourth-order valence-corrected chi connectivity index (χ4v) is 9.34. The molecule has 6 rings (SSSR count). The number of aryl methyl sites for hydroxylation is 2. The maximum Gasteiger partial charge on any atom is 0.187 e. The molecule has 4 aromatic carbocycles. The molecule has 0 fully saturated rings. The predicted molar refractivity (Wildman–Crippen MR) is 158 cm³/mol. The zero-order valence-corrected chi connectivity index (χ0v) is 23.1. The van der Waals surface area contributed by atoms with Crippen LogP contribution in [-0.2, 0) is 13.7 Å². The van der Waals surface area contributed by atoms with Crippen molar-refractivity contribution in [3.8, 4) is 0 Å². The Morgan fingerprint density at radius 3 is 1.92 bits per heavy atom. The highest BCUT2D eigenvalue weighted by molar-refractivity contribution is 8.27. The van der Waals surface area contributed by atoms with Crippen LogP contribution in [0.5, 0.6) is 0 Å². The molecule has 4 aromatic rings. The monoisotopic (exact) mass is 540 g/mol. The van der Waals surface area contributed by atoms with Crippen molar-refractivity contribution in [3.63, 3.8) is 0 Å². The molecule has 1 unspecified atom stereocenters. The molecule has 0 aromatic heterocycles. The molecular formula is C31H25ClN2OS2. The lowest BCUT2D eigenvalue weighted by atomic mass is 9.79. The highest BCUT2D eigenvalue weighted by atomic mass is 35.5. The van der Waals surface area contributed by atoms with Gasteiger partial charge in [0.05, 0.1) is 10.4 Å². The molecule has 3 nitrogen and oxygen atoms in total. The quantitative estimate of drug-likeness (QED) is 0.261. The number of hydrogen-bond acceptors (Lipinski definition) is 5. The van der Waals surface area contributed by atoms with Crippen molar-refractivity contribution in [2.24, 2.45) is 5.10 Å². The topological polar surface area (TPSA) is 32.7 Å². The third kappa shape index (κ3) is 3.67.